The van der Waals surface area contributed by atoms with Crippen molar-refractivity contribution in [3.63, 3.8) is 0 Å². The van der Waals surface area contributed by atoms with Crippen LogP contribution >= 0.6 is 0 Å². The molecule has 5 rings (SSSR count). The van der Waals surface area contributed by atoms with Crippen molar-refractivity contribution in [1.29, 1.82) is 5.26 Å². The Balaban J connectivity index is 1.50. The first-order chi connectivity index (χ1) is 19.3. The van der Waals surface area contributed by atoms with Crippen LogP contribution in [0.1, 0.15) is 50.7 Å². The standard InChI is InChI=1S/C30H33FN4O4S/c1-2-23(19-32)33-29(36)26-6-4-3-5-25(26)28-27(34-30(39-28)21-7-11-22(31)12-8-21)20-9-13-24(14-10-20)35-15-17-40(37,38)18-16-35/h7-14,23,25-26H,2-6,15-18H2,1H3,(H,33,36)/t23?,25-,26-/m1/s1. The topological polar surface area (TPSA) is 116 Å². The van der Waals surface area contributed by atoms with E-state index in [0.29, 0.717) is 48.8 Å². The second kappa shape index (κ2) is 11.8. The van der Waals surface area contributed by atoms with Crippen LogP contribution in [0.3, 0.4) is 0 Å². The number of benzene rings is 2. The van der Waals surface area contributed by atoms with E-state index < -0.39 is 15.9 Å². The molecule has 3 aromatic rings. The fourth-order valence-electron chi connectivity index (χ4n) is 5.57. The lowest BCUT2D eigenvalue weighted by molar-refractivity contribution is -0.127. The van der Waals surface area contributed by atoms with E-state index in [9.17, 15) is 22.9 Å². The Bertz CT molecular complexity index is 1480. The third kappa shape index (κ3) is 6.04. The van der Waals surface area contributed by atoms with Gasteiger partial charge in [0.1, 0.15) is 23.3 Å². The molecule has 2 aliphatic rings. The molecule has 2 aromatic carbocycles. The number of nitrogens with one attached hydrogen (secondary N) is 1. The first-order valence-electron chi connectivity index (χ1n) is 13.8. The van der Waals surface area contributed by atoms with Gasteiger partial charge in [-0.3, -0.25) is 4.79 Å². The maximum atomic E-state index is 13.6. The van der Waals surface area contributed by atoms with Crippen LogP contribution in [0.5, 0.6) is 0 Å². The van der Waals surface area contributed by atoms with E-state index >= 15 is 0 Å². The van der Waals surface area contributed by atoms with Gasteiger partial charge in [-0.15, -0.1) is 0 Å². The van der Waals surface area contributed by atoms with Gasteiger partial charge in [0.15, 0.2) is 9.84 Å². The molecule has 3 atom stereocenters. The molecule has 1 saturated carbocycles. The number of hydrogen-bond acceptors (Lipinski definition) is 7. The van der Waals surface area contributed by atoms with E-state index in [1.165, 1.54) is 12.1 Å². The second-order valence-corrected chi connectivity index (χ2v) is 12.8. The van der Waals surface area contributed by atoms with Crippen LogP contribution in [0.15, 0.2) is 52.9 Å². The normalized spacial score (nSPS) is 21.4. The summed E-state index contributed by atoms with van der Waals surface area (Å²) in [6.45, 7) is 2.76. The number of oxazole rings is 1. The minimum absolute atomic E-state index is 0.138. The van der Waals surface area contributed by atoms with E-state index in [4.69, 9.17) is 9.40 Å². The molecule has 8 nitrogen and oxygen atoms in total. The molecule has 10 heteroatoms. The van der Waals surface area contributed by atoms with E-state index in [1.54, 1.807) is 12.1 Å². The minimum Gasteiger partial charge on any atom is -0.440 e. The van der Waals surface area contributed by atoms with Gasteiger partial charge in [0.25, 0.3) is 0 Å². The van der Waals surface area contributed by atoms with Crippen LogP contribution in [0.25, 0.3) is 22.7 Å². The Labute approximate surface area is 234 Å². The number of carbonyl (C=O) groups is 1. The van der Waals surface area contributed by atoms with Gasteiger partial charge in [-0.05, 0) is 55.7 Å². The molecule has 1 aliphatic carbocycles. The van der Waals surface area contributed by atoms with E-state index in [1.807, 2.05) is 31.2 Å². The molecule has 210 valence electrons. The molecular formula is C30H33FN4O4S. The Morgan fingerprint density at radius 2 is 1.75 bits per heavy atom. The summed E-state index contributed by atoms with van der Waals surface area (Å²) in [5.74, 6) is 0.137. The van der Waals surface area contributed by atoms with E-state index in [2.05, 4.69) is 16.3 Å². The third-order valence-corrected chi connectivity index (χ3v) is 9.52. The van der Waals surface area contributed by atoms with Crippen molar-refractivity contribution < 1.29 is 22.0 Å². The maximum Gasteiger partial charge on any atom is 0.226 e. The highest BCUT2D eigenvalue weighted by atomic mass is 32.2. The van der Waals surface area contributed by atoms with E-state index in [-0.39, 0.29) is 35.1 Å². The molecule has 1 aromatic heterocycles. The summed E-state index contributed by atoms with van der Waals surface area (Å²) in [5, 5.41) is 12.3. The number of nitriles is 1. The predicted molar refractivity (Wildman–Crippen MR) is 151 cm³/mol. The molecule has 1 unspecified atom stereocenters. The maximum absolute atomic E-state index is 13.6. The van der Waals surface area contributed by atoms with Crippen molar-refractivity contribution in [3.8, 4) is 28.8 Å². The molecule has 1 N–H and O–H groups in total. The van der Waals surface area contributed by atoms with Crippen LogP contribution in [0.2, 0.25) is 0 Å². The highest BCUT2D eigenvalue weighted by Crippen LogP contribution is 2.44. The molecule has 0 radical (unpaired) electrons. The zero-order valence-electron chi connectivity index (χ0n) is 22.5. The number of anilines is 1. The van der Waals surface area contributed by atoms with Gasteiger partial charge in [0.2, 0.25) is 11.8 Å². The molecule has 40 heavy (non-hydrogen) atoms. The zero-order valence-corrected chi connectivity index (χ0v) is 23.3. The highest BCUT2D eigenvalue weighted by molar-refractivity contribution is 7.91. The van der Waals surface area contributed by atoms with Crippen molar-refractivity contribution in [2.75, 3.05) is 29.5 Å². The summed E-state index contributed by atoms with van der Waals surface area (Å²) >= 11 is 0. The van der Waals surface area contributed by atoms with Crippen LogP contribution in [0, 0.1) is 23.1 Å². The lowest BCUT2D eigenvalue weighted by atomic mass is 9.76. The Morgan fingerprint density at radius 1 is 1.10 bits per heavy atom. The average molecular weight is 565 g/mol. The number of hydrogen-bond donors (Lipinski definition) is 1. The van der Waals surface area contributed by atoms with Crippen LogP contribution in [0.4, 0.5) is 10.1 Å². The number of nitrogens with zero attached hydrogens (tertiary/aromatic N) is 3. The second-order valence-electron chi connectivity index (χ2n) is 10.5. The number of amides is 1. The average Bonchev–Trinajstić information content (AvgIpc) is 3.41. The summed E-state index contributed by atoms with van der Waals surface area (Å²) in [4.78, 5) is 20.2. The van der Waals surface area contributed by atoms with Gasteiger partial charge in [-0.1, -0.05) is 31.9 Å². The molecule has 0 bridgehead atoms. The summed E-state index contributed by atoms with van der Waals surface area (Å²) in [6, 6.07) is 15.3. The molecule has 1 aliphatic heterocycles. The molecule has 2 heterocycles. The summed E-state index contributed by atoms with van der Waals surface area (Å²) in [7, 11) is -2.98. The molecule has 1 saturated heterocycles. The van der Waals surface area contributed by atoms with Crippen LogP contribution in [-0.2, 0) is 14.6 Å². The van der Waals surface area contributed by atoms with Crippen LogP contribution < -0.4 is 10.2 Å². The van der Waals surface area contributed by atoms with Crippen molar-refractivity contribution in [2.24, 2.45) is 5.92 Å². The first kappa shape index (κ1) is 27.8. The van der Waals surface area contributed by atoms with Crippen LogP contribution in [-0.4, -0.2) is 49.9 Å². The fraction of sp³-hybridized carbons (Fsp3) is 0.433. The lowest BCUT2D eigenvalue weighted by Crippen LogP contribution is -2.41. The number of sulfone groups is 1. The van der Waals surface area contributed by atoms with Gasteiger partial charge >= 0.3 is 0 Å². The van der Waals surface area contributed by atoms with E-state index in [0.717, 1.165) is 30.5 Å². The molecule has 2 fully saturated rings. The summed E-state index contributed by atoms with van der Waals surface area (Å²) < 4.78 is 43.7. The van der Waals surface area contributed by atoms with Crippen molar-refractivity contribution in [1.82, 2.24) is 10.3 Å². The molecule has 1 amide bonds. The highest BCUT2D eigenvalue weighted by Gasteiger charge is 2.37. The van der Waals surface area contributed by atoms with Gasteiger partial charge in [0.05, 0.1) is 17.6 Å². The molecular weight excluding hydrogens is 531 g/mol. The van der Waals surface area contributed by atoms with Gasteiger partial charge in [-0.2, -0.15) is 5.26 Å². The number of carbonyl (C=O) groups excluding carboxylic acids is 1. The monoisotopic (exact) mass is 564 g/mol. The smallest absolute Gasteiger partial charge is 0.226 e. The largest absolute Gasteiger partial charge is 0.440 e. The van der Waals surface area contributed by atoms with Gasteiger partial charge in [0, 0.05) is 41.7 Å². The SMILES string of the molecule is CCC(C#N)NC(=O)[C@@H]1CCCC[C@H]1c1oc(-c2ccc(F)cc2)nc1-c1ccc(N2CCS(=O)(=O)CC2)cc1. The molecule has 0 spiro atoms. The fourth-order valence-corrected chi connectivity index (χ4v) is 6.77. The Hall–Kier alpha value is -3.71. The number of aromatic nitrogens is 1. The quantitative estimate of drug-likeness (QED) is 0.426. The summed E-state index contributed by atoms with van der Waals surface area (Å²) in [6.07, 6.45) is 3.80. The first-order valence-corrected chi connectivity index (χ1v) is 15.6. The summed E-state index contributed by atoms with van der Waals surface area (Å²) in [5.41, 5.74) is 3.00. The van der Waals surface area contributed by atoms with Crippen molar-refractivity contribution in [2.45, 2.75) is 51.0 Å². The van der Waals surface area contributed by atoms with Crippen molar-refractivity contribution >= 4 is 21.4 Å². The lowest BCUT2D eigenvalue weighted by Gasteiger charge is -2.30. The van der Waals surface area contributed by atoms with Gasteiger partial charge < -0.3 is 14.6 Å². The Morgan fingerprint density at radius 3 is 2.40 bits per heavy atom. The van der Waals surface area contributed by atoms with Gasteiger partial charge in [-0.25, -0.2) is 17.8 Å². The number of rotatable bonds is 7. The Kier molecular flexibility index (Phi) is 8.22. The number of halogens is 1. The minimum atomic E-state index is -2.98. The third-order valence-electron chi connectivity index (χ3n) is 7.91. The zero-order chi connectivity index (χ0) is 28.3. The predicted octanol–water partition coefficient (Wildman–Crippen LogP) is 5.07. The van der Waals surface area contributed by atoms with Crippen molar-refractivity contribution in [3.05, 3.63) is 60.1 Å².